The third kappa shape index (κ3) is 2.92. The highest BCUT2D eigenvalue weighted by molar-refractivity contribution is 6.24. The number of aryl methyl sites for hydroxylation is 2. The van der Waals surface area contributed by atoms with Crippen LogP contribution in [0.5, 0.6) is 0 Å². The van der Waals surface area contributed by atoms with Gasteiger partial charge in [-0.25, -0.2) is 4.39 Å². The molecule has 3 aliphatic rings. The van der Waals surface area contributed by atoms with Crippen LogP contribution in [0, 0.1) is 12.7 Å². The summed E-state index contributed by atoms with van der Waals surface area (Å²) in [5.41, 5.74) is 10.2. The number of rotatable bonds is 4. The number of carbonyl (C=O) groups excluding carboxylic acids is 1. The van der Waals surface area contributed by atoms with E-state index in [0.29, 0.717) is 25.1 Å². The number of amides is 1. The maximum atomic E-state index is 13.9. The van der Waals surface area contributed by atoms with Crippen molar-refractivity contribution in [2.24, 2.45) is 5.10 Å². The van der Waals surface area contributed by atoms with Crippen molar-refractivity contribution in [2.75, 3.05) is 16.5 Å². The average Bonchev–Trinajstić information content (AvgIpc) is 3.54. The molecular weight excluding hydrogens is 445 g/mol. The van der Waals surface area contributed by atoms with Crippen LogP contribution in [0.25, 0.3) is 11.0 Å². The molecule has 1 aromatic heterocycles. The first-order chi connectivity index (χ1) is 17.1. The Hall–Kier alpha value is -4.20. The molecule has 3 aliphatic heterocycles. The molecule has 0 spiro atoms. The molecule has 7 rings (SSSR count). The molecule has 0 radical (unpaired) electrons. The molecule has 174 valence electrons. The molecule has 1 atom stereocenters. The average molecular weight is 468 g/mol. The summed E-state index contributed by atoms with van der Waals surface area (Å²) in [5, 5.41) is 9.53. The number of fused-ring (bicyclic) bond motifs is 6. The van der Waals surface area contributed by atoms with Crippen LogP contribution in [0.4, 0.5) is 21.5 Å². The molecule has 0 saturated heterocycles. The lowest BCUT2D eigenvalue weighted by molar-refractivity contribution is -0.118. The molecule has 0 bridgehead atoms. The molecule has 3 aromatic carbocycles. The van der Waals surface area contributed by atoms with Gasteiger partial charge in [-0.3, -0.25) is 15.1 Å². The van der Waals surface area contributed by atoms with Crippen molar-refractivity contribution < 1.29 is 13.7 Å². The summed E-state index contributed by atoms with van der Waals surface area (Å²) in [4.78, 5) is 18.0. The minimum absolute atomic E-state index is 0.0844. The number of nitrogens with zero attached hydrogens (tertiary/aromatic N) is 4. The number of halogens is 1. The van der Waals surface area contributed by atoms with Crippen LogP contribution in [-0.2, 0) is 11.2 Å². The molecular formula is C27H22FN5O2. The van der Waals surface area contributed by atoms with Gasteiger partial charge in [-0.05, 0) is 67.6 Å². The second-order valence-electron chi connectivity index (χ2n) is 9.30. The van der Waals surface area contributed by atoms with Gasteiger partial charge in [0.25, 0.3) is 0 Å². The van der Waals surface area contributed by atoms with Crippen molar-refractivity contribution in [2.45, 2.75) is 32.1 Å². The number of para-hydroxylation sites is 1. The van der Waals surface area contributed by atoms with Crippen molar-refractivity contribution in [3.05, 3.63) is 82.8 Å². The SMILES string of the molecule is Cc1ccc2c(c1)N1C(=O)C(CCCc3noc4cc(F)ccc34)c3cccc(c31)C1=NNCN12. The standard InChI is InChI=1S/C27H22FN5O2/c1-15-8-11-22-23(12-15)33-25-17(4-2-6-20(25)26-30-29-14-32(22)26)18(27(33)34)5-3-7-21-19-10-9-16(28)13-24(19)35-31-21/h2,4,6,8-13,18,29H,3,5,7,14H2,1H3. The molecule has 0 fully saturated rings. The van der Waals surface area contributed by atoms with E-state index >= 15 is 0 Å². The monoisotopic (exact) mass is 467 g/mol. The molecule has 1 amide bonds. The fourth-order valence-corrected chi connectivity index (χ4v) is 5.57. The summed E-state index contributed by atoms with van der Waals surface area (Å²) >= 11 is 0. The number of anilines is 3. The first-order valence-corrected chi connectivity index (χ1v) is 11.8. The minimum Gasteiger partial charge on any atom is -0.356 e. The van der Waals surface area contributed by atoms with Crippen molar-refractivity contribution in [3.63, 3.8) is 0 Å². The second-order valence-corrected chi connectivity index (χ2v) is 9.30. The summed E-state index contributed by atoms with van der Waals surface area (Å²) in [6, 6.07) is 16.8. The predicted molar refractivity (Wildman–Crippen MR) is 131 cm³/mol. The molecule has 4 aromatic rings. The summed E-state index contributed by atoms with van der Waals surface area (Å²) in [6.07, 6.45) is 2.08. The number of benzene rings is 3. The van der Waals surface area contributed by atoms with E-state index in [1.165, 1.54) is 12.1 Å². The van der Waals surface area contributed by atoms with E-state index in [-0.39, 0.29) is 17.6 Å². The normalized spacial score (nSPS) is 17.7. The van der Waals surface area contributed by atoms with Crippen LogP contribution in [0.1, 0.15) is 41.1 Å². The minimum atomic E-state index is -0.346. The largest absolute Gasteiger partial charge is 0.356 e. The van der Waals surface area contributed by atoms with E-state index in [0.717, 1.165) is 57.1 Å². The Morgan fingerprint density at radius 1 is 1.14 bits per heavy atom. The van der Waals surface area contributed by atoms with Crippen LogP contribution in [0.2, 0.25) is 0 Å². The zero-order valence-electron chi connectivity index (χ0n) is 19.1. The van der Waals surface area contributed by atoms with Crippen LogP contribution >= 0.6 is 0 Å². The third-order valence-corrected chi connectivity index (χ3v) is 7.17. The molecule has 7 nitrogen and oxygen atoms in total. The van der Waals surface area contributed by atoms with Crippen LogP contribution in [0.3, 0.4) is 0 Å². The zero-order valence-corrected chi connectivity index (χ0v) is 19.1. The van der Waals surface area contributed by atoms with Gasteiger partial charge in [0.15, 0.2) is 11.4 Å². The van der Waals surface area contributed by atoms with Gasteiger partial charge in [0.1, 0.15) is 12.5 Å². The highest BCUT2D eigenvalue weighted by Gasteiger charge is 2.44. The lowest BCUT2D eigenvalue weighted by Crippen LogP contribution is -2.30. The molecule has 0 saturated carbocycles. The summed E-state index contributed by atoms with van der Waals surface area (Å²) in [5.74, 6) is 0.322. The van der Waals surface area contributed by atoms with Crippen molar-refractivity contribution >= 4 is 39.8 Å². The Labute approximate surface area is 200 Å². The van der Waals surface area contributed by atoms with Crippen LogP contribution < -0.4 is 15.2 Å². The number of aromatic nitrogens is 1. The molecule has 8 heteroatoms. The Morgan fingerprint density at radius 3 is 2.97 bits per heavy atom. The first kappa shape index (κ1) is 20.2. The Balaban J connectivity index is 1.25. The van der Waals surface area contributed by atoms with E-state index in [4.69, 9.17) is 4.52 Å². The molecule has 4 heterocycles. The maximum absolute atomic E-state index is 13.9. The first-order valence-electron chi connectivity index (χ1n) is 11.8. The van der Waals surface area contributed by atoms with Crippen LogP contribution in [-0.4, -0.2) is 23.6 Å². The van der Waals surface area contributed by atoms with E-state index in [2.05, 4.69) is 44.8 Å². The Morgan fingerprint density at radius 2 is 2.06 bits per heavy atom. The third-order valence-electron chi connectivity index (χ3n) is 7.17. The van der Waals surface area contributed by atoms with E-state index in [1.54, 1.807) is 6.07 Å². The fraction of sp³-hybridized carbons (Fsp3) is 0.222. The van der Waals surface area contributed by atoms with Gasteiger partial charge in [-0.2, -0.15) is 5.10 Å². The molecule has 1 N–H and O–H groups in total. The molecule has 1 unspecified atom stereocenters. The predicted octanol–water partition coefficient (Wildman–Crippen LogP) is 5.10. The van der Waals surface area contributed by atoms with Crippen LogP contribution in [0.15, 0.2) is 64.2 Å². The maximum Gasteiger partial charge on any atom is 0.239 e. The summed E-state index contributed by atoms with van der Waals surface area (Å²) < 4.78 is 18.8. The highest BCUT2D eigenvalue weighted by Crippen LogP contribution is 2.51. The highest BCUT2D eigenvalue weighted by atomic mass is 19.1. The Bertz CT molecular complexity index is 1560. The van der Waals surface area contributed by atoms with Crippen molar-refractivity contribution in [1.82, 2.24) is 10.6 Å². The zero-order chi connectivity index (χ0) is 23.7. The second kappa shape index (κ2) is 7.40. The topological polar surface area (TPSA) is 74.0 Å². The van der Waals surface area contributed by atoms with Gasteiger partial charge < -0.3 is 9.42 Å². The summed E-state index contributed by atoms with van der Waals surface area (Å²) in [7, 11) is 0. The van der Waals surface area contributed by atoms with Crippen molar-refractivity contribution in [1.29, 1.82) is 0 Å². The number of hydrazone groups is 1. The van der Waals surface area contributed by atoms with Gasteiger partial charge in [0, 0.05) is 17.0 Å². The lowest BCUT2D eigenvalue weighted by Gasteiger charge is -2.23. The fourth-order valence-electron chi connectivity index (χ4n) is 5.57. The van der Waals surface area contributed by atoms with E-state index < -0.39 is 0 Å². The van der Waals surface area contributed by atoms with Gasteiger partial charge in [-0.1, -0.05) is 23.4 Å². The summed E-state index contributed by atoms with van der Waals surface area (Å²) in [6.45, 7) is 2.61. The molecule has 35 heavy (non-hydrogen) atoms. The number of nitrogens with one attached hydrogen (secondary N) is 1. The van der Waals surface area contributed by atoms with E-state index in [9.17, 15) is 9.18 Å². The smallest absolute Gasteiger partial charge is 0.239 e. The van der Waals surface area contributed by atoms with Crippen molar-refractivity contribution in [3.8, 4) is 0 Å². The lowest BCUT2D eigenvalue weighted by atomic mass is 9.92. The number of amidine groups is 1. The van der Waals surface area contributed by atoms with Gasteiger partial charge in [0.05, 0.1) is 28.7 Å². The van der Waals surface area contributed by atoms with E-state index in [1.807, 2.05) is 24.0 Å². The number of hydrogen-bond acceptors (Lipinski definition) is 6. The van der Waals surface area contributed by atoms with Gasteiger partial charge >= 0.3 is 0 Å². The number of carbonyl (C=O) groups is 1. The molecule has 0 aliphatic carbocycles. The van der Waals surface area contributed by atoms with Gasteiger partial charge in [-0.15, -0.1) is 0 Å². The number of hydrogen-bond donors (Lipinski definition) is 1. The Kier molecular flexibility index (Phi) is 4.27. The van der Waals surface area contributed by atoms with Gasteiger partial charge in [0.2, 0.25) is 5.91 Å². The quantitative estimate of drug-likeness (QED) is 0.452.